The van der Waals surface area contributed by atoms with Crippen molar-refractivity contribution in [2.75, 3.05) is 12.0 Å². The maximum atomic E-state index is 12.9. The standard InChI is InChI=1S/C24H16N2O6S2/c1-31-19-11-7-16(8-12-19)23(28)32-20-9-5-15(6-10-20)13-21-22(27)25(24(33)34-21)17-3-2-4-18(14-17)26(29)30/h2-14H,1H3/b21-13-. The summed E-state index contributed by atoms with van der Waals surface area (Å²) in [5.41, 5.74) is 1.29. The molecular formula is C24H16N2O6S2. The summed E-state index contributed by atoms with van der Waals surface area (Å²) in [5, 5.41) is 11.1. The molecule has 170 valence electrons. The van der Waals surface area contributed by atoms with Crippen LogP contribution in [0.5, 0.6) is 11.5 Å². The zero-order valence-corrected chi connectivity index (χ0v) is 19.3. The van der Waals surface area contributed by atoms with Gasteiger partial charge in [-0.05, 0) is 54.1 Å². The lowest BCUT2D eigenvalue weighted by Crippen LogP contribution is -2.27. The van der Waals surface area contributed by atoms with E-state index in [0.29, 0.717) is 33.2 Å². The van der Waals surface area contributed by atoms with Crippen molar-refractivity contribution in [3.63, 3.8) is 0 Å². The van der Waals surface area contributed by atoms with Crippen LogP contribution in [0, 0.1) is 10.1 Å². The molecule has 0 radical (unpaired) electrons. The molecule has 1 fully saturated rings. The number of rotatable bonds is 6. The van der Waals surface area contributed by atoms with Crippen molar-refractivity contribution in [1.29, 1.82) is 0 Å². The summed E-state index contributed by atoms with van der Waals surface area (Å²) in [5.74, 6) is 0.109. The Bertz CT molecular complexity index is 1320. The van der Waals surface area contributed by atoms with Crippen molar-refractivity contribution in [3.8, 4) is 11.5 Å². The third kappa shape index (κ3) is 4.98. The van der Waals surface area contributed by atoms with E-state index in [9.17, 15) is 19.7 Å². The number of hydrogen-bond acceptors (Lipinski definition) is 8. The van der Waals surface area contributed by atoms with E-state index in [1.165, 1.54) is 23.1 Å². The van der Waals surface area contributed by atoms with E-state index in [2.05, 4.69) is 0 Å². The summed E-state index contributed by atoms with van der Waals surface area (Å²) in [6.07, 6.45) is 1.66. The van der Waals surface area contributed by atoms with E-state index >= 15 is 0 Å². The van der Waals surface area contributed by atoms with Gasteiger partial charge in [0, 0.05) is 12.1 Å². The Kier molecular flexibility index (Phi) is 6.71. The minimum Gasteiger partial charge on any atom is -0.497 e. The van der Waals surface area contributed by atoms with Gasteiger partial charge in [0.25, 0.3) is 11.6 Å². The maximum Gasteiger partial charge on any atom is 0.343 e. The Balaban J connectivity index is 1.47. The number of nitro benzene ring substituents is 1. The van der Waals surface area contributed by atoms with Crippen LogP contribution in [-0.4, -0.2) is 28.2 Å². The van der Waals surface area contributed by atoms with Gasteiger partial charge in [-0.1, -0.05) is 42.2 Å². The van der Waals surface area contributed by atoms with Gasteiger partial charge in [-0.25, -0.2) is 4.79 Å². The highest BCUT2D eigenvalue weighted by molar-refractivity contribution is 8.27. The number of methoxy groups -OCH3 is 1. The largest absolute Gasteiger partial charge is 0.497 e. The maximum absolute atomic E-state index is 12.9. The molecule has 1 aliphatic rings. The summed E-state index contributed by atoms with van der Waals surface area (Å²) in [6, 6.07) is 19.0. The van der Waals surface area contributed by atoms with Gasteiger partial charge in [-0.15, -0.1) is 0 Å². The summed E-state index contributed by atoms with van der Waals surface area (Å²) in [6.45, 7) is 0. The van der Waals surface area contributed by atoms with E-state index in [4.69, 9.17) is 21.7 Å². The SMILES string of the molecule is COc1ccc(C(=O)Oc2ccc(/C=C3\SC(=S)N(c4cccc([N+](=O)[O-])c4)C3=O)cc2)cc1. The zero-order chi connectivity index (χ0) is 24.2. The van der Waals surface area contributed by atoms with Crippen LogP contribution in [0.1, 0.15) is 15.9 Å². The minimum absolute atomic E-state index is 0.129. The summed E-state index contributed by atoms with van der Waals surface area (Å²) >= 11 is 6.43. The number of nitrogens with zero attached hydrogens (tertiary/aromatic N) is 2. The molecule has 34 heavy (non-hydrogen) atoms. The van der Waals surface area contributed by atoms with Crippen molar-refractivity contribution in [2.24, 2.45) is 0 Å². The van der Waals surface area contributed by atoms with E-state index < -0.39 is 10.9 Å². The molecule has 0 spiro atoms. The van der Waals surface area contributed by atoms with Gasteiger partial charge in [0.1, 0.15) is 11.5 Å². The molecule has 4 rings (SSSR count). The first-order valence-electron chi connectivity index (χ1n) is 9.84. The number of benzene rings is 3. The molecule has 3 aromatic rings. The van der Waals surface area contributed by atoms with Crippen molar-refractivity contribution >= 4 is 57.6 Å². The number of carbonyl (C=O) groups is 2. The molecule has 0 bridgehead atoms. The van der Waals surface area contributed by atoms with Crippen LogP contribution < -0.4 is 14.4 Å². The molecule has 0 aromatic heterocycles. The quantitative estimate of drug-likeness (QED) is 0.115. The zero-order valence-electron chi connectivity index (χ0n) is 17.7. The van der Waals surface area contributed by atoms with Crippen LogP contribution in [0.4, 0.5) is 11.4 Å². The fraction of sp³-hybridized carbons (Fsp3) is 0.0417. The summed E-state index contributed by atoms with van der Waals surface area (Å²) in [4.78, 5) is 37.4. The van der Waals surface area contributed by atoms with Crippen LogP contribution >= 0.6 is 24.0 Å². The van der Waals surface area contributed by atoms with Crippen molar-refractivity contribution in [2.45, 2.75) is 0 Å². The molecule has 0 N–H and O–H groups in total. The van der Waals surface area contributed by atoms with E-state index in [1.54, 1.807) is 67.8 Å². The number of thiocarbonyl (C=S) groups is 1. The molecule has 3 aromatic carbocycles. The van der Waals surface area contributed by atoms with Gasteiger partial charge in [0.05, 0.1) is 28.2 Å². The number of esters is 1. The normalized spacial score (nSPS) is 14.4. The lowest BCUT2D eigenvalue weighted by atomic mass is 10.2. The van der Waals surface area contributed by atoms with Gasteiger partial charge in [0.2, 0.25) is 0 Å². The lowest BCUT2D eigenvalue weighted by Gasteiger charge is -2.13. The average Bonchev–Trinajstić information content (AvgIpc) is 3.12. The van der Waals surface area contributed by atoms with Crippen molar-refractivity contribution in [3.05, 3.63) is 98.9 Å². The molecule has 1 heterocycles. The van der Waals surface area contributed by atoms with Gasteiger partial charge in [0.15, 0.2) is 4.32 Å². The average molecular weight is 493 g/mol. The van der Waals surface area contributed by atoms with Crippen LogP contribution in [-0.2, 0) is 4.79 Å². The highest BCUT2D eigenvalue weighted by Crippen LogP contribution is 2.37. The number of non-ortho nitro benzene ring substituents is 1. The summed E-state index contributed by atoms with van der Waals surface area (Å²) in [7, 11) is 1.54. The monoisotopic (exact) mass is 492 g/mol. The third-order valence-corrected chi connectivity index (χ3v) is 6.11. The predicted octanol–water partition coefficient (Wildman–Crippen LogP) is 5.23. The highest BCUT2D eigenvalue weighted by Gasteiger charge is 2.33. The van der Waals surface area contributed by atoms with Crippen LogP contribution in [0.3, 0.4) is 0 Å². The molecule has 0 aliphatic carbocycles. The minimum atomic E-state index is -0.528. The van der Waals surface area contributed by atoms with Gasteiger partial charge < -0.3 is 9.47 Å². The van der Waals surface area contributed by atoms with Crippen LogP contribution in [0.15, 0.2) is 77.7 Å². The molecule has 0 saturated carbocycles. The molecular weight excluding hydrogens is 476 g/mol. The first kappa shape index (κ1) is 23.1. The molecule has 1 aliphatic heterocycles. The number of nitro groups is 1. The molecule has 8 nitrogen and oxygen atoms in total. The smallest absolute Gasteiger partial charge is 0.343 e. The molecule has 0 atom stereocenters. The topological polar surface area (TPSA) is 99.0 Å². The third-order valence-electron chi connectivity index (χ3n) is 4.81. The second kappa shape index (κ2) is 9.86. The number of carbonyl (C=O) groups excluding carboxylic acids is 2. The fourth-order valence-electron chi connectivity index (χ4n) is 3.11. The molecule has 1 amide bonds. The Morgan fingerprint density at radius 1 is 1.06 bits per heavy atom. The first-order valence-corrected chi connectivity index (χ1v) is 11.1. The fourth-order valence-corrected chi connectivity index (χ4v) is 4.41. The van der Waals surface area contributed by atoms with Crippen molar-refractivity contribution < 1.29 is 24.0 Å². The Labute approximate surface area is 203 Å². The number of anilines is 1. The lowest BCUT2D eigenvalue weighted by molar-refractivity contribution is -0.384. The number of amides is 1. The number of hydrogen-bond donors (Lipinski definition) is 0. The van der Waals surface area contributed by atoms with E-state index in [-0.39, 0.29) is 15.9 Å². The molecule has 0 unspecified atom stereocenters. The van der Waals surface area contributed by atoms with Crippen LogP contribution in [0.2, 0.25) is 0 Å². The highest BCUT2D eigenvalue weighted by atomic mass is 32.2. The van der Waals surface area contributed by atoms with E-state index in [0.717, 1.165) is 11.8 Å². The van der Waals surface area contributed by atoms with Crippen molar-refractivity contribution in [1.82, 2.24) is 0 Å². The molecule has 10 heteroatoms. The number of thioether (sulfide) groups is 1. The summed E-state index contributed by atoms with van der Waals surface area (Å²) < 4.78 is 10.7. The van der Waals surface area contributed by atoms with E-state index in [1.807, 2.05) is 0 Å². The first-order chi connectivity index (χ1) is 16.4. The van der Waals surface area contributed by atoms with Gasteiger partial charge in [-0.3, -0.25) is 19.8 Å². The second-order valence-corrected chi connectivity index (χ2v) is 8.66. The Morgan fingerprint density at radius 3 is 2.38 bits per heavy atom. The second-order valence-electron chi connectivity index (χ2n) is 6.98. The Hall–Kier alpha value is -4.02. The predicted molar refractivity (Wildman–Crippen MR) is 133 cm³/mol. The molecule has 1 saturated heterocycles. The van der Waals surface area contributed by atoms with Crippen LogP contribution in [0.25, 0.3) is 6.08 Å². The van der Waals surface area contributed by atoms with Gasteiger partial charge >= 0.3 is 5.97 Å². The number of ether oxygens (including phenoxy) is 2. The Morgan fingerprint density at radius 2 is 1.74 bits per heavy atom. The van der Waals surface area contributed by atoms with Gasteiger partial charge in [-0.2, -0.15) is 0 Å².